The molecule has 0 N–H and O–H groups in total. The second kappa shape index (κ2) is 13.0. The van der Waals surface area contributed by atoms with Crippen LogP contribution in [0.15, 0.2) is 164 Å². The van der Waals surface area contributed by atoms with Crippen LogP contribution in [0.1, 0.15) is 77.6 Å². The van der Waals surface area contributed by atoms with Gasteiger partial charge in [0.1, 0.15) is 0 Å². The third kappa shape index (κ3) is 5.29. The number of hydrogen-bond donors (Lipinski definition) is 0. The SMILES string of the molecule is CC1(C)c2ccccc2-c2ccc(-c3cc(-c4cccc(-n5c6ccccc6c6cc7c(cc65)C(C)(C)C(C)(C)c5ccccc5-7)c4)nc(-c4ccccc4)n3)cc2C1(C)C. The summed E-state index contributed by atoms with van der Waals surface area (Å²) >= 11 is 0. The zero-order chi connectivity index (χ0) is 42.1. The predicted molar refractivity (Wildman–Crippen MR) is 256 cm³/mol. The summed E-state index contributed by atoms with van der Waals surface area (Å²) in [4.78, 5) is 10.6. The molecule has 2 aliphatic rings. The van der Waals surface area contributed by atoms with Crippen molar-refractivity contribution in [2.45, 2.75) is 77.0 Å². The molecule has 0 fully saturated rings. The van der Waals surface area contributed by atoms with Crippen molar-refractivity contribution in [3.63, 3.8) is 0 Å². The van der Waals surface area contributed by atoms with Crippen molar-refractivity contribution in [1.82, 2.24) is 14.5 Å². The van der Waals surface area contributed by atoms with Crippen LogP contribution >= 0.6 is 0 Å². The van der Waals surface area contributed by atoms with E-state index >= 15 is 0 Å². The van der Waals surface area contributed by atoms with E-state index in [4.69, 9.17) is 9.97 Å². The van der Waals surface area contributed by atoms with Crippen LogP contribution in [-0.4, -0.2) is 14.5 Å². The normalized spacial score (nSPS) is 16.4. The van der Waals surface area contributed by atoms with E-state index in [2.05, 4.69) is 218 Å². The summed E-state index contributed by atoms with van der Waals surface area (Å²) in [6.45, 7) is 19.2. The molecule has 2 aliphatic carbocycles. The second-order valence-corrected chi connectivity index (χ2v) is 19.5. The Morgan fingerprint density at radius 3 is 1.56 bits per heavy atom. The first kappa shape index (κ1) is 37.4. The van der Waals surface area contributed by atoms with E-state index < -0.39 is 0 Å². The molecule has 0 radical (unpaired) electrons. The average Bonchev–Trinajstić information content (AvgIpc) is 3.61. The maximum atomic E-state index is 5.31. The zero-order valence-electron chi connectivity index (χ0n) is 36.4. The number of hydrogen-bond acceptors (Lipinski definition) is 2. The van der Waals surface area contributed by atoms with E-state index in [-0.39, 0.29) is 21.7 Å². The molecule has 298 valence electrons. The van der Waals surface area contributed by atoms with Crippen molar-refractivity contribution in [2.24, 2.45) is 0 Å². The van der Waals surface area contributed by atoms with Gasteiger partial charge in [0.25, 0.3) is 0 Å². The zero-order valence-corrected chi connectivity index (χ0v) is 36.4. The molecule has 11 rings (SSSR count). The van der Waals surface area contributed by atoms with E-state index in [1.807, 2.05) is 6.07 Å². The van der Waals surface area contributed by atoms with Gasteiger partial charge in [-0.15, -0.1) is 0 Å². The van der Waals surface area contributed by atoms with Gasteiger partial charge in [0.05, 0.1) is 22.4 Å². The van der Waals surface area contributed by atoms with Gasteiger partial charge in [-0.25, -0.2) is 9.97 Å². The summed E-state index contributed by atoms with van der Waals surface area (Å²) in [5, 5.41) is 2.52. The molecule has 7 aromatic carbocycles. The second-order valence-electron chi connectivity index (χ2n) is 19.5. The smallest absolute Gasteiger partial charge is 0.160 e. The van der Waals surface area contributed by atoms with Crippen molar-refractivity contribution in [1.29, 1.82) is 0 Å². The predicted octanol–water partition coefficient (Wildman–Crippen LogP) is 15.0. The average molecular weight is 790 g/mol. The van der Waals surface area contributed by atoms with Gasteiger partial charge in [0.2, 0.25) is 0 Å². The Bertz CT molecular complexity index is 3250. The Hall–Kier alpha value is -6.58. The van der Waals surface area contributed by atoms with Crippen molar-refractivity contribution in [2.75, 3.05) is 0 Å². The molecular formula is C58H51N3. The number of aromatic nitrogens is 3. The highest BCUT2D eigenvalue weighted by Crippen LogP contribution is 2.56. The fraction of sp³-hybridized carbons (Fsp3) is 0.207. The Kier molecular flexibility index (Phi) is 7.95. The van der Waals surface area contributed by atoms with Crippen molar-refractivity contribution < 1.29 is 0 Å². The largest absolute Gasteiger partial charge is 0.309 e. The third-order valence-corrected chi connectivity index (χ3v) is 15.5. The number of para-hydroxylation sites is 1. The van der Waals surface area contributed by atoms with Crippen LogP contribution in [-0.2, 0) is 21.7 Å². The van der Waals surface area contributed by atoms with Gasteiger partial charge in [0.15, 0.2) is 5.82 Å². The summed E-state index contributed by atoms with van der Waals surface area (Å²) in [7, 11) is 0. The molecule has 0 spiro atoms. The first-order valence-corrected chi connectivity index (χ1v) is 21.7. The minimum atomic E-state index is -0.116. The topological polar surface area (TPSA) is 30.7 Å². The monoisotopic (exact) mass is 789 g/mol. The van der Waals surface area contributed by atoms with Gasteiger partial charge < -0.3 is 4.57 Å². The van der Waals surface area contributed by atoms with Gasteiger partial charge in [-0.2, -0.15) is 0 Å². The summed E-state index contributed by atoms with van der Waals surface area (Å²) in [6.07, 6.45) is 0. The molecular weight excluding hydrogens is 739 g/mol. The summed E-state index contributed by atoms with van der Waals surface area (Å²) < 4.78 is 2.46. The molecule has 3 nitrogen and oxygen atoms in total. The van der Waals surface area contributed by atoms with Crippen LogP contribution < -0.4 is 0 Å². The van der Waals surface area contributed by atoms with Crippen molar-refractivity contribution in [3.05, 3.63) is 186 Å². The first-order valence-electron chi connectivity index (χ1n) is 21.7. The number of nitrogens with zero attached hydrogens (tertiary/aromatic N) is 3. The van der Waals surface area contributed by atoms with E-state index in [0.717, 1.165) is 39.6 Å². The minimum absolute atomic E-state index is 0.0588. The molecule has 0 amide bonds. The fourth-order valence-corrected chi connectivity index (χ4v) is 10.6. The van der Waals surface area contributed by atoms with Crippen LogP contribution in [0, 0.1) is 0 Å². The quantitative estimate of drug-likeness (QED) is 0.178. The van der Waals surface area contributed by atoms with E-state index in [9.17, 15) is 0 Å². The molecule has 0 aliphatic heterocycles. The Balaban J connectivity index is 1.10. The third-order valence-electron chi connectivity index (χ3n) is 15.5. The van der Waals surface area contributed by atoms with Crippen LogP contribution in [0.3, 0.4) is 0 Å². The number of benzene rings is 7. The standard InChI is InChI=1S/C58H51N3/c1-55(2)46-26-15-12-23-40(46)42-30-29-38(32-48(42)57(55,5)6)51-35-50(59-54(60-51)36-19-10-9-11-20-36)37-21-18-22-39(31-37)61-52-28-17-14-25-43(52)45-33-44-41-24-13-16-27-47(41)56(3,4)58(7,8)49(44)34-53(45)61/h9-35H,1-8H3. The van der Waals surface area contributed by atoms with E-state index in [1.165, 1.54) is 66.3 Å². The van der Waals surface area contributed by atoms with Gasteiger partial charge in [0, 0.05) is 33.2 Å². The van der Waals surface area contributed by atoms with Crippen LogP contribution in [0.4, 0.5) is 0 Å². The van der Waals surface area contributed by atoms with Gasteiger partial charge in [-0.3, -0.25) is 0 Å². The maximum absolute atomic E-state index is 5.31. The molecule has 0 saturated carbocycles. The molecule has 61 heavy (non-hydrogen) atoms. The van der Waals surface area contributed by atoms with E-state index in [0.29, 0.717) is 0 Å². The minimum Gasteiger partial charge on any atom is -0.309 e. The van der Waals surface area contributed by atoms with E-state index in [1.54, 1.807) is 0 Å². The van der Waals surface area contributed by atoms with Crippen molar-refractivity contribution in [3.8, 4) is 61.8 Å². The molecule has 0 atom stereocenters. The lowest BCUT2D eigenvalue weighted by molar-refractivity contribution is 0.299. The number of fused-ring (bicyclic) bond motifs is 9. The Morgan fingerprint density at radius 1 is 0.344 bits per heavy atom. The summed E-state index contributed by atoms with van der Waals surface area (Å²) in [6, 6.07) is 60.2. The highest BCUT2D eigenvalue weighted by Gasteiger charge is 2.47. The molecule has 0 unspecified atom stereocenters. The Labute approximate surface area is 359 Å². The molecule has 2 heterocycles. The first-order chi connectivity index (χ1) is 29.3. The molecule has 2 aromatic heterocycles. The molecule has 0 bridgehead atoms. The summed E-state index contributed by atoms with van der Waals surface area (Å²) in [5.74, 6) is 0.717. The number of rotatable bonds is 4. The van der Waals surface area contributed by atoms with Crippen molar-refractivity contribution >= 4 is 21.8 Å². The maximum Gasteiger partial charge on any atom is 0.160 e. The lowest BCUT2D eigenvalue weighted by atomic mass is 9.55. The van der Waals surface area contributed by atoms with Gasteiger partial charge in [-0.1, -0.05) is 177 Å². The van der Waals surface area contributed by atoms with Gasteiger partial charge in [-0.05, 0) is 109 Å². The van der Waals surface area contributed by atoms with Crippen LogP contribution in [0.2, 0.25) is 0 Å². The summed E-state index contributed by atoms with van der Waals surface area (Å²) in [5.41, 5.74) is 19.0. The highest BCUT2D eigenvalue weighted by molar-refractivity contribution is 6.11. The lowest BCUT2D eigenvalue weighted by Crippen LogP contribution is -2.43. The molecule has 9 aromatic rings. The van der Waals surface area contributed by atoms with Gasteiger partial charge >= 0.3 is 0 Å². The molecule has 3 heteroatoms. The fourth-order valence-electron chi connectivity index (χ4n) is 10.6. The Morgan fingerprint density at radius 2 is 0.869 bits per heavy atom. The highest BCUT2D eigenvalue weighted by atomic mass is 15.0. The van der Waals surface area contributed by atoms with Crippen LogP contribution in [0.25, 0.3) is 83.6 Å². The lowest BCUT2D eigenvalue weighted by Gasteiger charge is -2.48. The van der Waals surface area contributed by atoms with Crippen LogP contribution in [0.5, 0.6) is 0 Å². The molecule has 0 saturated heterocycles.